The molecule has 1 aliphatic rings. The normalized spacial score (nSPS) is 19.8. The summed E-state index contributed by atoms with van der Waals surface area (Å²) in [6.45, 7) is 15.2. The second-order valence-electron chi connectivity index (χ2n) is 7.86. The zero-order valence-electron chi connectivity index (χ0n) is 14.6. The highest BCUT2D eigenvalue weighted by molar-refractivity contribution is 6.74. The second kappa shape index (κ2) is 6.30. The average Bonchev–Trinajstić information content (AvgIpc) is 2.80. The lowest BCUT2D eigenvalue weighted by atomic mass is 9.97. The van der Waals surface area contributed by atoms with Crippen LogP contribution in [0.4, 0.5) is 0 Å². The van der Waals surface area contributed by atoms with E-state index in [0.717, 1.165) is 18.4 Å². The Hall–Kier alpha value is -0.903. The summed E-state index contributed by atoms with van der Waals surface area (Å²) in [5.41, 5.74) is 3.63. The molecule has 2 nitrogen and oxygen atoms in total. The quantitative estimate of drug-likeness (QED) is 0.589. The van der Waals surface area contributed by atoms with Crippen LogP contribution in [0.5, 0.6) is 0 Å². The van der Waals surface area contributed by atoms with E-state index in [4.69, 9.17) is 4.43 Å². The van der Waals surface area contributed by atoms with Crippen LogP contribution in [0.25, 0.3) is 0 Å². The first-order chi connectivity index (χ1) is 10.2. The molecule has 0 amide bonds. The van der Waals surface area contributed by atoms with Gasteiger partial charge in [-0.1, -0.05) is 45.0 Å². The predicted molar refractivity (Wildman–Crippen MR) is 95.6 cm³/mol. The SMILES string of the molecule is C=CC[C@H](O)c1cccc2c1CCC2O[Si](C)(C)C(C)(C)C. The van der Waals surface area contributed by atoms with Crippen LogP contribution in [0.1, 0.15) is 62.5 Å². The molecule has 1 aromatic rings. The Kier molecular flexibility index (Phi) is 5.00. The van der Waals surface area contributed by atoms with Gasteiger partial charge in [-0.25, -0.2) is 0 Å². The Bertz CT molecular complexity index is 543. The lowest BCUT2D eigenvalue weighted by molar-refractivity contribution is 0.180. The molecule has 1 aromatic carbocycles. The van der Waals surface area contributed by atoms with Crippen molar-refractivity contribution in [3.05, 3.63) is 47.5 Å². The fourth-order valence-corrected chi connectivity index (χ4v) is 4.21. The molecule has 0 saturated heterocycles. The van der Waals surface area contributed by atoms with E-state index in [1.54, 1.807) is 6.08 Å². The van der Waals surface area contributed by atoms with Crippen molar-refractivity contribution in [3.63, 3.8) is 0 Å². The molecule has 0 aromatic heterocycles. The van der Waals surface area contributed by atoms with E-state index in [-0.39, 0.29) is 11.1 Å². The maximum atomic E-state index is 10.3. The Morgan fingerprint density at radius 1 is 1.41 bits per heavy atom. The first-order valence-electron chi connectivity index (χ1n) is 8.26. The molecule has 1 unspecified atom stereocenters. The van der Waals surface area contributed by atoms with E-state index in [1.807, 2.05) is 12.1 Å². The van der Waals surface area contributed by atoms with Gasteiger partial charge in [0.15, 0.2) is 8.32 Å². The molecular weight excluding hydrogens is 288 g/mol. The summed E-state index contributed by atoms with van der Waals surface area (Å²) in [7, 11) is -1.78. The highest BCUT2D eigenvalue weighted by Crippen LogP contribution is 2.44. The summed E-state index contributed by atoms with van der Waals surface area (Å²) >= 11 is 0. The lowest BCUT2D eigenvalue weighted by Crippen LogP contribution is -2.41. The lowest BCUT2D eigenvalue weighted by Gasteiger charge is -2.38. The van der Waals surface area contributed by atoms with E-state index in [0.29, 0.717) is 6.42 Å². The zero-order chi connectivity index (χ0) is 16.5. The number of rotatable bonds is 5. The number of benzene rings is 1. The van der Waals surface area contributed by atoms with Crippen LogP contribution in [0.15, 0.2) is 30.9 Å². The van der Waals surface area contributed by atoms with Crippen LogP contribution >= 0.6 is 0 Å². The van der Waals surface area contributed by atoms with Gasteiger partial charge < -0.3 is 9.53 Å². The third kappa shape index (κ3) is 3.37. The number of aliphatic hydroxyl groups is 1. The highest BCUT2D eigenvalue weighted by atomic mass is 28.4. The van der Waals surface area contributed by atoms with Crippen LogP contribution in [0, 0.1) is 0 Å². The van der Waals surface area contributed by atoms with Crippen LogP contribution in [0.3, 0.4) is 0 Å². The molecule has 2 atom stereocenters. The van der Waals surface area contributed by atoms with Crippen LogP contribution in [0.2, 0.25) is 18.1 Å². The van der Waals surface area contributed by atoms with Crippen LogP contribution < -0.4 is 0 Å². The first-order valence-corrected chi connectivity index (χ1v) is 11.2. The maximum absolute atomic E-state index is 10.3. The van der Waals surface area contributed by atoms with Crippen molar-refractivity contribution in [1.82, 2.24) is 0 Å². The van der Waals surface area contributed by atoms with E-state index >= 15 is 0 Å². The van der Waals surface area contributed by atoms with Gasteiger partial charge >= 0.3 is 0 Å². The van der Waals surface area contributed by atoms with Crippen molar-refractivity contribution < 1.29 is 9.53 Å². The second-order valence-corrected chi connectivity index (χ2v) is 12.6. The molecule has 0 fully saturated rings. The minimum Gasteiger partial charge on any atom is -0.410 e. The van der Waals surface area contributed by atoms with Crippen molar-refractivity contribution in [3.8, 4) is 0 Å². The zero-order valence-corrected chi connectivity index (χ0v) is 15.6. The summed E-state index contributed by atoms with van der Waals surface area (Å²) < 4.78 is 6.62. The molecule has 0 bridgehead atoms. The van der Waals surface area contributed by atoms with Gasteiger partial charge in [0.1, 0.15) is 0 Å². The fraction of sp³-hybridized carbons (Fsp3) is 0.579. The Morgan fingerprint density at radius 2 is 2.09 bits per heavy atom. The van der Waals surface area contributed by atoms with E-state index in [9.17, 15) is 5.11 Å². The van der Waals surface area contributed by atoms with Crippen molar-refractivity contribution in [1.29, 1.82) is 0 Å². The molecule has 1 aliphatic carbocycles. The molecule has 122 valence electrons. The summed E-state index contributed by atoms with van der Waals surface area (Å²) in [6, 6.07) is 6.26. The van der Waals surface area contributed by atoms with Gasteiger partial charge in [-0.2, -0.15) is 0 Å². The standard InChI is InChI=1S/C19H30O2Si/c1-7-9-17(20)15-10-8-11-16-14(15)12-13-18(16)21-22(5,6)19(2,3)4/h7-8,10-11,17-18,20H,1,9,12-13H2,2-6H3/t17-,18?/m0/s1. The summed E-state index contributed by atoms with van der Waals surface area (Å²) in [4.78, 5) is 0. The summed E-state index contributed by atoms with van der Waals surface area (Å²) in [5, 5.41) is 10.5. The topological polar surface area (TPSA) is 29.5 Å². The molecule has 2 rings (SSSR count). The first kappa shape index (κ1) is 17.5. The van der Waals surface area contributed by atoms with Gasteiger partial charge in [-0.15, -0.1) is 6.58 Å². The van der Waals surface area contributed by atoms with Gasteiger partial charge in [0.2, 0.25) is 0 Å². The summed E-state index contributed by atoms with van der Waals surface area (Å²) in [5.74, 6) is 0. The number of aliphatic hydroxyl groups excluding tert-OH is 1. The van der Waals surface area contributed by atoms with Gasteiger partial charge in [0.25, 0.3) is 0 Å². The van der Waals surface area contributed by atoms with Crippen LogP contribution in [-0.2, 0) is 10.8 Å². The van der Waals surface area contributed by atoms with Gasteiger partial charge in [0.05, 0.1) is 12.2 Å². The van der Waals surface area contributed by atoms with Gasteiger partial charge in [-0.05, 0) is 54.1 Å². The highest BCUT2D eigenvalue weighted by Gasteiger charge is 2.41. The van der Waals surface area contributed by atoms with Crippen molar-refractivity contribution in [2.75, 3.05) is 0 Å². The Morgan fingerprint density at radius 3 is 2.68 bits per heavy atom. The smallest absolute Gasteiger partial charge is 0.192 e. The van der Waals surface area contributed by atoms with Crippen molar-refractivity contribution in [2.24, 2.45) is 0 Å². The number of fused-ring (bicyclic) bond motifs is 1. The van der Waals surface area contributed by atoms with Crippen molar-refractivity contribution in [2.45, 2.75) is 70.4 Å². The van der Waals surface area contributed by atoms with E-state index < -0.39 is 14.4 Å². The molecule has 0 radical (unpaired) electrons. The Labute approximate surface area is 136 Å². The Balaban J connectivity index is 2.27. The summed E-state index contributed by atoms with van der Waals surface area (Å²) in [6.07, 6.45) is 4.15. The maximum Gasteiger partial charge on any atom is 0.192 e. The van der Waals surface area contributed by atoms with Crippen molar-refractivity contribution >= 4 is 8.32 Å². The molecule has 0 spiro atoms. The number of hydrogen-bond donors (Lipinski definition) is 1. The molecule has 0 saturated carbocycles. The van der Waals surface area contributed by atoms with E-state index in [1.165, 1.54) is 11.1 Å². The minimum absolute atomic E-state index is 0.187. The molecular formula is C19H30O2Si. The average molecular weight is 319 g/mol. The molecule has 3 heteroatoms. The third-order valence-corrected chi connectivity index (χ3v) is 9.73. The predicted octanol–water partition coefficient (Wildman–Crippen LogP) is 5.31. The molecule has 0 heterocycles. The van der Waals surface area contributed by atoms with Gasteiger partial charge in [-0.3, -0.25) is 0 Å². The monoisotopic (exact) mass is 318 g/mol. The fourth-order valence-electron chi connectivity index (χ4n) is 2.90. The third-order valence-electron chi connectivity index (χ3n) is 5.24. The largest absolute Gasteiger partial charge is 0.410 e. The van der Waals surface area contributed by atoms with Crippen LogP contribution in [-0.4, -0.2) is 13.4 Å². The molecule has 22 heavy (non-hydrogen) atoms. The van der Waals surface area contributed by atoms with E-state index in [2.05, 4.69) is 46.5 Å². The minimum atomic E-state index is -1.78. The van der Waals surface area contributed by atoms with Gasteiger partial charge in [0, 0.05) is 0 Å². The molecule has 1 N–H and O–H groups in total. The molecule has 0 aliphatic heterocycles. The number of hydrogen-bond acceptors (Lipinski definition) is 2.